The molecule has 0 aromatic carbocycles. The van der Waals surface area contributed by atoms with Crippen molar-refractivity contribution in [2.24, 2.45) is 0 Å². The Morgan fingerprint density at radius 3 is 2.13 bits per heavy atom. The Morgan fingerprint density at radius 1 is 1.27 bits per heavy atom. The molecule has 0 saturated carbocycles. The molecule has 1 aliphatic rings. The Balaban J connectivity index is 2.28. The van der Waals surface area contributed by atoms with Crippen LogP contribution in [0.3, 0.4) is 0 Å². The SMILES string of the molecule is CO[Si](CCCC1(CO)CO1)(OC)OC. The van der Waals surface area contributed by atoms with E-state index < -0.39 is 8.80 Å². The van der Waals surface area contributed by atoms with E-state index in [-0.39, 0.29) is 12.2 Å². The summed E-state index contributed by atoms with van der Waals surface area (Å²) in [5, 5.41) is 9.05. The van der Waals surface area contributed by atoms with Gasteiger partial charge >= 0.3 is 8.80 Å². The molecule has 6 heteroatoms. The number of rotatable bonds is 8. The first kappa shape index (κ1) is 13.1. The van der Waals surface area contributed by atoms with Gasteiger partial charge in [0.1, 0.15) is 5.60 Å². The molecule has 1 heterocycles. The summed E-state index contributed by atoms with van der Waals surface area (Å²) in [6, 6.07) is 0.752. The molecule has 1 aliphatic heterocycles. The predicted octanol–water partition coefficient (Wildman–Crippen LogP) is 0.406. The number of hydrogen-bond donors (Lipinski definition) is 1. The molecule has 1 N–H and O–H groups in total. The molecule has 0 aromatic rings. The second-order valence-corrected chi connectivity index (χ2v) is 6.87. The van der Waals surface area contributed by atoms with Crippen LogP contribution in [0.2, 0.25) is 6.04 Å². The van der Waals surface area contributed by atoms with Gasteiger partial charge in [0.25, 0.3) is 0 Å². The molecule has 0 aromatic heterocycles. The minimum absolute atomic E-state index is 0.0918. The first-order valence-electron chi connectivity index (χ1n) is 5.06. The van der Waals surface area contributed by atoms with Gasteiger partial charge in [0.15, 0.2) is 0 Å². The first-order chi connectivity index (χ1) is 7.16. The molecule has 0 aliphatic carbocycles. The van der Waals surface area contributed by atoms with E-state index in [2.05, 4.69) is 0 Å². The Morgan fingerprint density at radius 2 is 1.80 bits per heavy atom. The molecular formula is C9H20O5Si. The van der Waals surface area contributed by atoms with Gasteiger partial charge in [-0.25, -0.2) is 0 Å². The Kier molecular flexibility index (Phi) is 4.69. The molecule has 1 saturated heterocycles. The van der Waals surface area contributed by atoms with E-state index in [0.717, 1.165) is 18.9 Å². The van der Waals surface area contributed by atoms with Gasteiger partial charge in [-0.1, -0.05) is 0 Å². The summed E-state index contributed by atoms with van der Waals surface area (Å²) in [5.74, 6) is 0. The van der Waals surface area contributed by atoms with Crippen LogP contribution in [0.25, 0.3) is 0 Å². The van der Waals surface area contributed by atoms with Crippen molar-refractivity contribution in [1.82, 2.24) is 0 Å². The predicted molar refractivity (Wildman–Crippen MR) is 56.6 cm³/mol. The number of aliphatic hydroxyl groups is 1. The molecular weight excluding hydrogens is 216 g/mol. The third-order valence-corrected chi connectivity index (χ3v) is 5.72. The molecule has 90 valence electrons. The van der Waals surface area contributed by atoms with Crippen LogP contribution in [0.1, 0.15) is 12.8 Å². The molecule has 1 atom stereocenters. The highest BCUT2D eigenvalue weighted by Crippen LogP contribution is 2.33. The zero-order valence-corrected chi connectivity index (χ0v) is 10.6. The van der Waals surface area contributed by atoms with Crippen molar-refractivity contribution >= 4 is 8.80 Å². The molecule has 0 radical (unpaired) electrons. The average Bonchev–Trinajstić information content (AvgIpc) is 3.06. The standard InChI is InChI=1S/C9H20O5Si/c1-11-15(12-2,13-3)6-4-5-9(7-10)8-14-9/h10H,4-8H2,1-3H3. The minimum atomic E-state index is -2.44. The number of epoxide rings is 1. The van der Waals surface area contributed by atoms with Gasteiger partial charge in [0.2, 0.25) is 0 Å². The summed E-state index contributed by atoms with van der Waals surface area (Å²) in [5.41, 5.74) is -0.282. The molecule has 1 rings (SSSR count). The summed E-state index contributed by atoms with van der Waals surface area (Å²) in [7, 11) is 2.38. The van der Waals surface area contributed by atoms with Crippen LogP contribution in [0.5, 0.6) is 0 Å². The van der Waals surface area contributed by atoms with Crippen LogP contribution in [-0.4, -0.2) is 54.1 Å². The Bertz CT molecular complexity index is 183. The van der Waals surface area contributed by atoms with E-state index in [1.54, 1.807) is 21.3 Å². The van der Waals surface area contributed by atoms with Gasteiger partial charge in [0.05, 0.1) is 13.2 Å². The van der Waals surface area contributed by atoms with Crippen molar-refractivity contribution < 1.29 is 23.1 Å². The maximum atomic E-state index is 9.05. The average molecular weight is 236 g/mol. The zero-order chi connectivity index (χ0) is 11.4. The number of aliphatic hydroxyl groups excluding tert-OH is 1. The summed E-state index contributed by atoms with van der Waals surface area (Å²) < 4.78 is 21.1. The first-order valence-corrected chi connectivity index (χ1v) is 6.99. The van der Waals surface area contributed by atoms with E-state index in [4.69, 9.17) is 23.1 Å². The van der Waals surface area contributed by atoms with Crippen LogP contribution < -0.4 is 0 Å². The smallest absolute Gasteiger partial charge is 0.393 e. The van der Waals surface area contributed by atoms with Crippen molar-refractivity contribution in [3.05, 3.63) is 0 Å². The molecule has 0 spiro atoms. The highest BCUT2D eigenvalue weighted by Gasteiger charge is 2.45. The van der Waals surface area contributed by atoms with Gasteiger partial charge in [-0.2, -0.15) is 0 Å². The molecule has 15 heavy (non-hydrogen) atoms. The quantitative estimate of drug-likeness (QED) is 0.488. The second-order valence-electron chi connectivity index (χ2n) is 3.78. The van der Waals surface area contributed by atoms with E-state index in [1.165, 1.54) is 0 Å². The maximum Gasteiger partial charge on any atom is 0.500 e. The van der Waals surface area contributed by atoms with Crippen LogP contribution in [0, 0.1) is 0 Å². The van der Waals surface area contributed by atoms with Gasteiger partial charge in [-0.15, -0.1) is 0 Å². The van der Waals surface area contributed by atoms with Gasteiger partial charge in [-0.3, -0.25) is 0 Å². The summed E-state index contributed by atoms with van der Waals surface area (Å²) in [6.07, 6.45) is 1.70. The van der Waals surface area contributed by atoms with E-state index in [9.17, 15) is 0 Å². The van der Waals surface area contributed by atoms with Gasteiger partial charge in [0, 0.05) is 27.4 Å². The van der Waals surface area contributed by atoms with E-state index in [0.29, 0.717) is 6.61 Å². The fraction of sp³-hybridized carbons (Fsp3) is 1.00. The van der Waals surface area contributed by atoms with Crippen LogP contribution in [-0.2, 0) is 18.0 Å². The van der Waals surface area contributed by atoms with Gasteiger partial charge in [-0.05, 0) is 12.8 Å². The fourth-order valence-electron chi connectivity index (χ4n) is 1.60. The lowest BCUT2D eigenvalue weighted by Gasteiger charge is -2.24. The van der Waals surface area contributed by atoms with Crippen molar-refractivity contribution in [3.8, 4) is 0 Å². The molecule has 5 nitrogen and oxygen atoms in total. The lowest BCUT2D eigenvalue weighted by atomic mass is 10.1. The van der Waals surface area contributed by atoms with Crippen molar-refractivity contribution in [2.45, 2.75) is 24.5 Å². The number of hydrogen-bond acceptors (Lipinski definition) is 5. The fourth-order valence-corrected chi connectivity index (χ4v) is 3.32. The number of ether oxygens (including phenoxy) is 1. The molecule has 0 amide bonds. The lowest BCUT2D eigenvalue weighted by Crippen LogP contribution is -2.42. The third-order valence-electron chi connectivity index (χ3n) is 2.89. The van der Waals surface area contributed by atoms with E-state index >= 15 is 0 Å². The van der Waals surface area contributed by atoms with E-state index in [1.807, 2.05) is 0 Å². The minimum Gasteiger partial charge on any atom is -0.393 e. The largest absolute Gasteiger partial charge is 0.500 e. The van der Waals surface area contributed by atoms with Crippen LogP contribution >= 0.6 is 0 Å². The Labute approximate surface area is 91.7 Å². The summed E-state index contributed by atoms with van der Waals surface area (Å²) in [6.45, 7) is 0.750. The normalized spacial score (nSPS) is 25.6. The van der Waals surface area contributed by atoms with Gasteiger partial charge < -0.3 is 23.1 Å². The highest BCUT2D eigenvalue weighted by atomic mass is 28.4. The third kappa shape index (κ3) is 3.23. The molecule has 1 unspecified atom stereocenters. The topological polar surface area (TPSA) is 60.5 Å². The zero-order valence-electron chi connectivity index (χ0n) is 9.62. The second kappa shape index (κ2) is 5.38. The van der Waals surface area contributed by atoms with Crippen LogP contribution in [0.4, 0.5) is 0 Å². The van der Waals surface area contributed by atoms with Crippen LogP contribution in [0.15, 0.2) is 0 Å². The highest BCUT2D eigenvalue weighted by molar-refractivity contribution is 6.60. The monoisotopic (exact) mass is 236 g/mol. The molecule has 1 fully saturated rings. The van der Waals surface area contributed by atoms with Crippen molar-refractivity contribution in [3.63, 3.8) is 0 Å². The summed E-state index contributed by atoms with van der Waals surface area (Å²) >= 11 is 0. The lowest BCUT2D eigenvalue weighted by molar-refractivity contribution is 0.119. The summed E-state index contributed by atoms with van der Waals surface area (Å²) in [4.78, 5) is 0. The Hall–Kier alpha value is 0.0169. The van der Waals surface area contributed by atoms with Crippen molar-refractivity contribution in [1.29, 1.82) is 0 Å². The maximum absolute atomic E-state index is 9.05. The van der Waals surface area contributed by atoms with Crippen molar-refractivity contribution in [2.75, 3.05) is 34.5 Å². The molecule has 0 bridgehead atoms.